The van der Waals surface area contributed by atoms with Crippen molar-refractivity contribution in [3.05, 3.63) is 30.3 Å². The molecule has 1 saturated heterocycles. The smallest absolute Gasteiger partial charge is 0.0472 e. The molecular formula is C18H30N2O. The molecule has 1 aromatic carbocycles. The summed E-state index contributed by atoms with van der Waals surface area (Å²) >= 11 is 0. The summed E-state index contributed by atoms with van der Waals surface area (Å²) in [4.78, 5) is 2.38. The predicted molar refractivity (Wildman–Crippen MR) is 90.0 cm³/mol. The molecule has 1 fully saturated rings. The van der Waals surface area contributed by atoms with Gasteiger partial charge >= 0.3 is 0 Å². The van der Waals surface area contributed by atoms with Crippen LogP contribution in [0.1, 0.15) is 33.6 Å². The number of benzene rings is 1. The van der Waals surface area contributed by atoms with Crippen molar-refractivity contribution in [2.24, 2.45) is 5.41 Å². The Balaban J connectivity index is 2.05. The number of ether oxygens (including phenoxy) is 1. The molecule has 0 saturated carbocycles. The van der Waals surface area contributed by atoms with Gasteiger partial charge in [-0.05, 0) is 45.7 Å². The zero-order valence-corrected chi connectivity index (χ0v) is 14.0. The van der Waals surface area contributed by atoms with Gasteiger partial charge in [0, 0.05) is 50.0 Å². The second-order valence-corrected chi connectivity index (χ2v) is 7.41. The Labute approximate surface area is 129 Å². The van der Waals surface area contributed by atoms with Gasteiger partial charge in [-0.3, -0.25) is 0 Å². The minimum atomic E-state index is 0.163. The van der Waals surface area contributed by atoms with Crippen LogP contribution in [0.3, 0.4) is 0 Å². The third kappa shape index (κ3) is 5.01. The van der Waals surface area contributed by atoms with Crippen LogP contribution in [0.15, 0.2) is 30.3 Å². The molecule has 0 aliphatic carbocycles. The average Bonchev–Trinajstić information content (AvgIpc) is 2.46. The maximum atomic E-state index is 5.60. The number of nitrogens with zero attached hydrogens (tertiary/aromatic N) is 1. The van der Waals surface area contributed by atoms with Gasteiger partial charge in [-0.1, -0.05) is 18.2 Å². The zero-order valence-electron chi connectivity index (χ0n) is 14.0. The van der Waals surface area contributed by atoms with E-state index >= 15 is 0 Å². The fourth-order valence-corrected chi connectivity index (χ4v) is 2.92. The van der Waals surface area contributed by atoms with Crippen molar-refractivity contribution in [2.75, 3.05) is 38.3 Å². The van der Waals surface area contributed by atoms with Crippen LogP contribution >= 0.6 is 0 Å². The molecule has 21 heavy (non-hydrogen) atoms. The monoisotopic (exact) mass is 290 g/mol. The lowest BCUT2D eigenvalue weighted by Crippen LogP contribution is -2.50. The van der Waals surface area contributed by atoms with Crippen molar-refractivity contribution in [3.63, 3.8) is 0 Å². The van der Waals surface area contributed by atoms with Crippen molar-refractivity contribution < 1.29 is 4.74 Å². The first-order valence-electron chi connectivity index (χ1n) is 7.99. The van der Waals surface area contributed by atoms with Crippen molar-refractivity contribution in [3.8, 4) is 0 Å². The first-order chi connectivity index (χ1) is 9.90. The lowest BCUT2D eigenvalue weighted by atomic mass is 9.79. The summed E-state index contributed by atoms with van der Waals surface area (Å²) in [5.74, 6) is 0. The van der Waals surface area contributed by atoms with E-state index in [2.05, 4.69) is 68.4 Å². The second kappa shape index (κ2) is 6.80. The third-order valence-electron chi connectivity index (χ3n) is 4.32. The van der Waals surface area contributed by atoms with Crippen LogP contribution in [0.4, 0.5) is 5.69 Å². The zero-order chi connectivity index (χ0) is 15.3. The SMILES string of the molecule is CN(CC1(CNC(C)(C)C)CCOCC1)c1ccccc1. The molecule has 0 amide bonds. The lowest BCUT2D eigenvalue weighted by Gasteiger charge is -2.42. The Hall–Kier alpha value is -1.06. The molecule has 1 N–H and O–H groups in total. The molecule has 3 heteroatoms. The van der Waals surface area contributed by atoms with Gasteiger partial charge in [0.05, 0.1) is 0 Å². The minimum absolute atomic E-state index is 0.163. The van der Waals surface area contributed by atoms with Gasteiger partial charge in [0.25, 0.3) is 0 Å². The van der Waals surface area contributed by atoms with E-state index in [0.29, 0.717) is 5.41 Å². The van der Waals surface area contributed by atoms with Gasteiger partial charge in [0.2, 0.25) is 0 Å². The Morgan fingerprint density at radius 2 is 1.76 bits per heavy atom. The van der Waals surface area contributed by atoms with Crippen LogP contribution < -0.4 is 10.2 Å². The van der Waals surface area contributed by atoms with Crippen molar-refractivity contribution in [1.29, 1.82) is 0 Å². The molecule has 0 spiro atoms. The number of anilines is 1. The van der Waals surface area contributed by atoms with Crippen LogP contribution in [0.2, 0.25) is 0 Å². The molecule has 0 atom stereocenters. The molecule has 0 unspecified atom stereocenters. The number of nitrogens with one attached hydrogen (secondary N) is 1. The van der Waals surface area contributed by atoms with E-state index in [1.807, 2.05) is 0 Å². The number of para-hydroxylation sites is 1. The predicted octanol–water partition coefficient (Wildman–Crippen LogP) is 3.31. The highest BCUT2D eigenvalue weighted by molar-refractivity contribution is 5.45. The quantitative estimate of drug-likeness (QED) is 0.900. The maximum Gasteiger partial charge on any atom is 0.0472 e. The summed E-state index contributed by atoms with van der Waals surface area (Å²) in [5, 5.41) is 3.71. The van der Waals surface area contributed by atoms with E-state index in [-0.39, 0.29) is 5.54 Å². The summed E-state index contributed by atoms with van der Waals surface area (Å²) in [5.41, 5.74) is 1.76. The second-order valence-electron chi connectivity index (χ2n) is 7.41. The van der Waals surface area contributed by atoms with Crippen LogP contribution in [0.25, 0.3) is 0 Å². The van der Waals surface area contributed by atoms with E-state index in [1.54, 1.807) is 0 Å². The summed E-state index contributed by atoms with van der Waals surface area (Å²) < 4.78 is 5.60. The normalized spacial score (nSPS) is 18.5. The molecule has 1 aromatic rings. The van der Waals surface area contributed by atoms with Gasteiger partial charge in [-0.15, -0.1) is 0 Å². The molecule has 0 aromatic heterocycles. The number of hydrogen-bond donors (Lipinski definition) is 1. The molecule has 0 bridgehead atoms. The average molecular weight is 290 g/mol. The van der Waals surface area contributed by atoms with Crippen molar-refractivity contribution in [1.82, 2.24) is 5.32 Å². The summed E-state index contributed by atoms with van der Waals surface area (Å²) in [7, 11) is 2.20. The van der Waals surface area contributed by atoms with Crippen LogP contribution in [-0.4, -0.2) is 38.9 Å². The highest BCUT2D eigenvalue weighted by Gasteiger charge is 2.34. The summed E-state index contributed by atoms with van der Waals surface area (Å²) in [6, 6.07) is 10.7. The third-order valence-corrected chi connectivity index (χ3v) is 4.32. The minimum Gasteiger partial charge on any atom is -0.381 e. The highest BCUT2D eigenvalue weighted by atomic mass is 16.5. The van der Waals surface area contributed by atoms with Crippen LogP contribution in [0, 0.1) is 5.41 Å². The Kier molecular flexibility index (Phi) is 5.28. The van der Waals surface area contributed by atoms with Crippen molar-refractivity contribution in [2.45, 2.75) is 39.2 Å². The number of rotatable bonds is 5. The molecular weight excluding hydrogens is 260 g/mol. The van der Waals surface area contributed by atoms with E-state index < -0.39 is 0 Å². The van der Waals surface area contributed by atoms with E-state index in [9.17, 15) is 0 Å². The largest absolute Gasteiger partial charge is 0.381 e. The molecule has 0 radical (unpaired) electrons. The van der Waals surface area contributed by atoms with E-state index in [4.69, 9.17) is 4.74 Å². The molecule has 2 rings (SSSR count). The standard InChI is InChI=1S/C18H30N2O/c1-17(2,3)19-14-18(10-12-21-13-11-18)15-20(4)16-8-6-5-7-9-16/h5-9,19H,10-15H2,1-4H3. The first-order valence-corrected chi connectivity index (χ1v) is 7.99. The van der Waals surface area contributed by atoms with Crippen LogP contribution in [-0.2, 0) is 4.74 Å². The Morgan fingerprint density at radius 1 is 1.14 bits per heavy atom. The highest BCUT2D eigenvalue weighted by Crippen LogP contribution is 2.32. The fourth-order valence-electron chi connectivity index (χ4n) is 2.92. The Bertz CT molecular complexity index is 419. The topological polar surface area (TPSA) is 24.5 Å². The van der Waals surface area contributed by atoms with Gasteiger partial charge in [0.15, 0.2) is 0 Å². The first kappa shape index (κ1) is 16.3. The van der Waals surface area contributed by atoms with Gasteiger partial charge in [-0.2, -0.15) is 0 Å². The molecule has 3 nitrogen and oxygen atoms in total. The molecule has 118 valence electrons. The number of hydrogen-bond acceptors (Lipinski definition) is 3. The summed E-state index contributed by atoms with van der Waals surface area (Å²) in [6.07, 6.45) is 2.26. The molecule has 1 heterocycles. The van der Waals surface area contributed by atoms with Gasteiger partial charge in [0.1, 0.15) is 0 Å². The van der Waals surface area contributed by atoms with Crippen molar-refractivity contribution >= 4 is 5.69 Å². The molecule has 1 aliphatic heterocycles. The van der Waals surface area contributed by atoms with Gasteiger partial charge < -0.3 is 15.0 Å². The lowest BCUT2D eigenvalue weighted by molar-refractivity contribution is 0.0160. The van der Waals surface area contributed by atoms with Crippen LogP contribution in [0.5, 0.6) is 0 Å². The van der Waals surface area contributed by atoms with E-state index in [0.717, 1.165) is 39.1 Å². The maximum absolute atomic E-state index is 5.60. The summed E-state index contributed by atoms with van der Waals surface area (Å²) in [6.45, 7) is 10.6. The van der Waals surface area contributed by atoms with E-state index in [1.165, 1.54) is 5.69 Å². The molecule has 1 aliphatic rings. The Morgan fingerprint density at radius 3 is 2.33 bits per heavy atom. The fraction of sp³-hybridized carbons (Fsp3) is 0.667. The van der Waals surface area contributed by atoms with Gasteiger partial charge in [-0.25, -0.2) is 0 Å².